The largest absolute Gasteiger partial charge is 0.281 e. The number of carbonyl (C=O) groups excluding carboxylic acids is 1. The van der Waals surface area contributed by atoms with Crippen LogP contribution in [0.15, 0.2) is 0 Å². The Bertz CT molecular complexity index is 117. The molecule has 0 aromatic carbocycles. The van der Waals surface area contributed by atoms with Crippen LogP contribution in [0, 0.1) is 0 Å². The molecule has 0 unspecified atom stereocenters. The predicted molar refractivity (Wildman–Crippen MR) is 56.9 cm³/mol. The van der Waals surface area contributed by atoms with Gasteiger partial charge in [-0.2, -0.15) is 11.8 Å². The second-order valence-electron chi connectivity index (χ2n) is 2.78. The number of hydrogen-bond acceptors (Lipinski definition) is 2. The molecule has 1 nitrogen and oxygen atoms in total. The summed E-state index contributed by atoms with van der Waals surface area (Å²) in [6, 6.07) is 0. The van der Waals surface area contributed by atoms with E-state index in [0.29, 0.717) is 6.42 Å². The molecule has 0 saturated heterocycles. The predicted octanol–water partition coefficient (Wildman–Crippen LogP) is 3.46. The van der Waals surface area contributed by atoms with Gasteiger partial charge in [-0.15, -0.1) is 0 Å². The van der Waals surface area contributed by atoms with Crippen molar-refractivity contribution in [2.45, 2.75) is 39.0 Å². The van der Waals surface area contributed by atoms with Gasteiger partial charge < -0.3 is 0 Å². The van der Waals surface area contributed by atoms with E-state index in [0.717, 1.165) is 5.75 Å². The second-order valence-corrected chi connectivity index (χ2v) is 4.42. The van der Waals surface area contributed by atoms with Gasteiger partial charge in [0.25, 0.3) is 0 Å². The lowest BCUT2D eigenvalue weighted by atomic mass is 10.2. The van der Waals surface area contributed by atoms with Gasteiger partial charge in [-0.3, -0.25) is 4.79 Å². The van der Waals surface area contributed by atoms with Crippen molar-refractivity contribution in [1.29, 1.82) is 0 Å². The van der Waals surface area contributed by atoms with Crippen LogP contribution in [-0.2, 0) is 4.79 Å². The lowest BCUT2D eigenvalue weighted by Crippen LogP contribution is -1.90. The van der Waals surface area contributed by atoms with Crippen LogP contribution in [0.5, 0.6) is 0 Å². The summed E-state index contributed by atoms with van der Waals surface area (Å²) in [4.78, 5) is 10.3. The number of halogens is 1. The minimum Gasteiger partial charge on any atom is -0.281 e. The highest BCUT2D eigenvalue weighted by Crippen LogP contribution is 2.09. The summed E-state index contributed by atoms with van der Waals surface area (Å²) >= 11 is 7.01. The van der Waals surface area contributed by atoms with Gasteiger partial charge >= 0.3 is 0 Å². The number of unbranched alkanes of at least 4 members (excludes halogenated alkanes) is 3. The first-order valence-electron chi connectivity index (χ1n) is 4.53. The van der Waals surface area contributed by atoms with Gasteiger partial charge in [-0.1, -0.05) is 26.2 Å². The zero-order valence-corrected chi connectivity index (χ0v) is 9.22. The molecule has 0 aromatic heterocycles. The first-order valence-corrected chi connectivity index (χ1v) is 6.06. The molecule has 0 heterocycles. The molecule has 0 amide bonds. The van der Waals surface area contributed by atoms with Crippen molar-refractivity contribution in [2.75, 3.05) is 11.5 Å². The lowest BCUT2D eigenvalue weighted by Gasteiger charge is -1.98. The summed E-state index contributed by atoms with van der Waals surface area (Å²) in [6.45, 7) is 2.21. The average Bonchev–Trinajstić information content (AvgIpc) is 2.02. The summed E-state index contributed by atoms with van der Waals surface area (Å²) in [6.07, 6.45) is 5.72. The van der Waals surface area contributed by atoms with E-state index in [1.807, 2.05) is 11.8 Å². The number of hydrogen-bond donors (Lipinski definition) is 0. The minimum absolute atomic E-state index is 0.212. The molecule has 0 N–H and O–H groups in total. The molecule has 0 bridgehead atoms. The molecule has 0 aliphatic rings. The Morgan fingerprint density at radius 1 is 1.25 bits per heavy atom. The number of carbonyl (C=O) groups is 1. The molecule has 12 heavy (non-hydrogen) atoms. The van der Waals surface area contributed by atoms with Crippen molar-refractivity contribution in [3.8, 4) is 0 Å². The van der Waals surface area contributed by atoms with Crippen molar-refractivity contribution in [1.82, 2.24) is 0 Å². The van der Waals surface area contributed by atoms with Crippen molar-refractivity contribution >= 4 is 28.6 Å². The fourth-order valence-electron chi connectivity index (χ4n) is 0.885. The van der Waals surface area contributed by atoms with Crippen LogP contribution in [-0.4, -0.2) is 16.7 Å². The molecule has 0 aliphatic carbocycles. The van der Waals surface area contributed by atoms with Gasteiger partial charge in [0, 0.05) is 12.2 Å². The van der Waals surface area contributed by atoms with Crippen LogP contribution in [0.2, 0.25) is 0 Å². The fourth-order valence-corrected chi connectivity index (χ4v) is 2.03. The molecule has 72 valence electrons. The Hall–Kier alpha value is 0.310. The highest BCUT2D eigenvalue weighted by Gasteiger charge is 1.95. The summed E-state index contributed by atoms with van der Waals surface area (Å²) in [7, 11) is 0. The molecule has 0 saturated carbocycles. The third kappa shape index (κ3) is 10.3. The Labute approximate surface area is 84.2 Å². The summed E-state index contributed by atoms with van der Waals surface area (Å²) in [5, 5.41) is -0.212. The lowest BCUT2D eigenvalue weighted by molar-refractivity contribution is -0.111. The molecule has 0 atom stereocenters. The quantitative estimate of drug-likeness (QED) is 0.449. The average molecular weight is 209 g/mol. The van der Waals surface area contributed by atoms with Crippen molar-refractivity contribution < 1.29 is 4.79 Å². The van der Waals surface area contributed by atoms with Gasteiger partial charge in [-0.25, -0.2) is 0 Å². The van der Waals surface area contributed by atoms with Crippen LogP contribution >= 0.6 is 23.4 Å². The fraction of sp³-hybridized carbons (Fsp3) is 0.889. The zero-order valence-electron chi connectivity index (χ0n) is 7.64. The van der Waals surface area contributed by atoms with E-state index in [9.17, 15) is 4.79 Å². The molecule has 0 radical (unpaired) electrons. The van der Waals surface area contributed by atoms with Crippen LogP contribution in [0.3, 0.4) is 0 Å². The number of thioether (sulfide) groups is 1. The third-order valence-electron chi connectivity index (χ3n) is 1.59. The van der Waals surface area contributed by atoms with Gasteiger partial charge in [0.15, 0.2) is 0 Å². The highest BCUT2D eigenvalue weighted by atomic mass is 35.5. The molecular weight excluding hydrogens is 192 g/mol. The molecule has 0 aromatic rings. The Morgan fingerprint density at radius 2 is 2.00 bits per heavy atom. The van der Waals surface area contributed by atoms with Gasteiger partial charge in [0.2, 0.25) is 5.24 Å². The second kappa shape index (κ2) is 9.40. The summed E-state index contributed by atoms with van der Waals surface area (Å²) in [5.41, 5.74) is 0. The topological polar surface area (TPSA) is 17.1 Å². The van der Waals surface area contributed by atoms with Crippen molar-refractivity contribution in [3.63, 3.8) is 0 Å². The maximum atomic E-state index is 10.3. The van der Waals surface area contributed by atoms with E-state index < -0.39 is 0 Å². The first kappa shape index (κ1) is 12.3. The SMILES string of the molecule is CCCCCCSCCC(=O)Cl. The summed E-state index contributed by atoms with van der Waals surface area (Å²) in [5.74, 6) is 2.05. The zero-order chi connectivity index (χ0) is 9.23. The molecular formula is C9H17ClOS. The smallest absolute Gasteiger partial charge is 0.222 e. The van der Waals surface area contributed by atoms with E-state index in [4.69, 9.17) is 11.6 Å². The maximum Gasteiger partial charge on any atom is 0.222 e. The normalized spacial score (nSPS) is 10.2. The maximum absolute atomic E-state index is 10.3. The van der Waals surface area contributed by atoms with Crippen molar-refractivity contribution in [3.05, 3.63) is 0 Å². The highest BCUT2D eigenvalue weighted by molar-refractivity contribution is 7.99. The van der Waals surface area contributed by atoms with Gasteiger partial charge in [0.1, 0.15) is 0 Å². The Balaban J connectivity index is 2.86. The van der Waals surface area contributed by atoms with Crippen molar-refractivity contribution in [2.24, 2.45) is 0 Å². The van der Waals surface area contributed by atoms with E-state index in [1.54, 1.807) is 0 Å². The van der Waals surface area contributed by atoms with Crippen LogP contribution in [0.4, 0.5) is 0 Å². The molecule has 0 fully saturated rings. The van der Waals surface area contributed by atoms with Crippen LogP contribution in [0.1, 0.15) is 39.0 Å². The van der Waals surface area contributed by atoms with Gasteiger partial charge in [0.05, 0.1) is 0 Å². The Kier molecular flexibility index (Phi) is 9.64. The molecule has 0 aliphatic heterocycles. The van der Waals surface area contributed by atoms with Crippen LogP contribution < -0.4 is 0 Å². The van der Waals surface area contributed by atoms with E-state index >= 15 is 0 Å². The Morgan fingerprint density at radius 3 is 2.58 bits per heavy atom. The first-order chi connectivity index (χ1) is 5.77. The molecule has 3 heteroatoms. The third-order valence-corrected chi connectivity index (χ3v) is 2.84. The number of rotatable bonds is 8. The monoisotopic (exact) mass is 208 g/mol. The van der Waals surface area contributed by atoms with Gasteiger partial charge in [-0.05, 0) is 23.8 Å². The van der Waals surface area contributed by atoms with Crippen LogP contribution in [0.25, 0.3) is 0 Å². The molecule has 0 spiro atoms. The van der Waals surface area contributed by atoms with E-state index in [2.05, 4.69) is 6.92 Å². The molecule has 0 rings (SSSR count). The minimum atomic E-state index is -0.212. The van der Waals surface area contributed by atoms with E-state index in [1.165, 1.54) is 31.4 Å². The summed E-state index contributed by atoms with van der Waals surface area (Å²) < 4.78 is 0. The standard InChI is InChI=1S/C9H17ClOS/c1-2-3-4-5-7-12-8-6-9(10)11/h2-8H2,1H3. The van der Waals surface area contributed by atoms with E-state index in [-0.39, 0.29) is 5.24 Å².